The van der Waals surface area contributed by atoms with Crippen molar-refractivity contribution >= 4 is 31.8 Å². The summed E-state index contributed by atoms with van der Waals surface area (Å²) in [4.78, 5) is 5.80. The van der Waals surface area contributed by atoms with Crippen LogP contribution in [0.2, 0.25) is 0 Å². The molecule has 31 heavy (non-hydrogen) atoms. The molecule has 1 fully saturated rings. The second kappa shape index (κ2) is 7.82. The van der Waals surface area contributed by atoms with Crippen molar-refractivity contribution in [2.45, 2.75) is 24.3 Å². The van der Waals surface area contributed by atoms with Gasteiger partial charge in [-0.1, -0.05) is 31.2 Å². The molecule has 3 heterocycles. The maximum Gasteiger partial charge on any atom is 0.240 e. The van der Waals surface area contributed by atoms with Gasteiger partial charge in [-0.25, -0.2) is 13.1 Å². The van der Waals surface area contributed by atoms with Crippen molar-refractivity contribution in [2.75, 3.05) is 19.6 Å². The fourth-order valence-corrected chi connectivity index (χ4v) is 5.86. The van der Waals surface area contributed by atoms with Gasteiger partial charge in [0.15, 0.2) is 0 Å². The maximum atomic E-state index is 13.1. The molecule has 1 saturated heterocycles. The van der Waals surface area contributed by atoms with E-state index in [0.717, 1.165) is 35.9 Å². The lowest BCUT2D eigenvalue weighted by molar-refractivity contribution is 0.240. The number of benzene rings is 2. The third kappa shape index (κ3) is 3.78. The zero-order chi connectivity index (χ0) is 21.6. The standard InChI is InChI=1S/C24H28N4O2S/c1-17-10-12-28(15-17)24(21-16-27(2)23-6-4-3-5-20(21)23)14-26-31(29,30)19-8-7-18-9-11-25-22(18)13-19/h3-9,11,13,16-17,24-26H,10,12,14-15H2,1-2H3/t17-,24+/m1/s1. The largest absolute Gasteiger partial charge is 0.361 e. The van der Waals surface area contributed by atoms with E-state index in [0.29, 0.717) is 12.5 Å². The van der Waals surface area contributed by atoms with Crippen LogP contribution in [-0.2, 0) is 17.1 Å². The quantitative estimate of drug-likeness (QED) is 0.480. The van der Waals surface area contributed by atoms with Crippen LogP contribution in [0.15, 0.2) is 65.8 Å². The summed E-state index contributed by atoms with van der Waals surface area (Å²) in [6, 6.07) is 15.5. The van der Waals surface area contributed by atoms with E-state index in [1.807, 2.05) is 37.5 Å². The van der Waals surface area contributed by atoms with Crippen LogP contribution >= 0.6 is 0 Å². The van der Waals surface area contributed by atoms with Crippen molar-refractivity contribution < 1.29 is 8.42 Å². The van der Waals surface area contributed by atoms with Gasteiger partial charge in [-0.15, -0.1) is 0 Å². The minimum Gasteiger partial charge on any atom is -0.361 e. The van der Waals surface area contributed by atoms with E-state index < -0.39 is 10.0 Å². The molecule has 1 aliphatic rings. The average Bonchev–Trinajstić information content (AvgIpc) is 3.48. The van der Waals surface area contributed by atoms with Crippen LogP contribution in [0.3, 0.4) is 0 Å². The first-order chi connectivity index (χ1) is 14.9. The highest BCUT2D eigenvalue weighted by Gasteiger charge is 2.30. The first-order valence-corrected chi connectivity index (χ1v) is 12.3. The summed E-state index contributed by atoms with van der Waals surface area (Å²) in [5.41, 5.74) is 3.16. The van der Waals surface area contributed by atoms with E-state index in [9.17, 15) is 8.42 Å². The number of para-hydroxylation sites is 1. The number of aryl methyl sites for hydroxylation is 1. The third-order valence-corrected chi connectivity index (χ3v) is 7.91. The molecule has 2 aromatic carbocycles. The van der Waals surface area contributed by atoms with Gasteiger partial charge in [-0.05, 0) is 54.1 Å². The van der Waals surface area contributed by atoms with Crippen molar-refractivity contribution in [1.82, 2.24) is 19.2 Å². The molecular weight excluding hydrogens is 408 g/mol. The zero-order valence-corrected chi connectivity index (χ0v) is 18.7. The Morgan fingerprint density at radius 1 is 1.19 bits per heavy atom. The Bertz CT molecular complexity index is 1340. The van der Waals surface area contributed by atoms with E-state index in [4.69, 9.17) is 0 Å². The number of hydrogen-bond donors (Lipinski definition) is 2. The predicted octanol–water partition coefficient (Wildman–Crippen LogP) is 4.02. The van der Waals surface area contributed by atoms with Gasteiger partial charge < -0.3 is 9.55 Å². The fraction of sp³-hybridized carbons (Fsp3) is 0.333. The molecule has 0 unspecified atom stereocenters. The molecule has 4 aromatic rings. The zero-order valence-electron chi connectivity index (χ0n) is 17.9. The van der Waals surface area contributed by atoms with Crippen molar-refractivity contribution in [1.29, 1.82) is 0 Å². The number of aromatic nitrogens is 2. The normalized spacial score (nSPS) is 18.8. The highest BCUT2D eigenvalue weighted by Crippen LogP contribution is 2.33. The van der Waals surface area contributed by atoms with E-state index >= 15 is 0 Å². The summed E-state index contributed by atoms with van der Waals surface area (Å²) < 4.78 is 31.3. The van der Waals surface area contributed by atoms with Crippen LogP contribution in [0.1, 0.15) is 24.9 Å². The van der Waals surface area contributed by atoms with E-state index in [-0.39, 0.29) is 10.9 Å². The molecule has 1 aliphatic heterocycles. The molecule has 5 rings (SSSR count). The molecule has 2 N–H and O–H groups in total. The predicted molar refractivity (Wildman–Crippen MR) is 125 cm³/mol. The molecule has 2 atom stereocenters. The van der Waals surface area contributed by atoms with Crippen LogP contribution in [0.4, 0.5) is 0 Å². The molecule has 0 bridgehead atoms. The van der Waals surface area contributed by atoms with Crippen molar-refractivity contribution in [3.05, 3.63) is 66.5 Å². The number of hydrogen-bond acceptors (Lipinski definition) is 3. The number of likely N-dealkylation sites (tertiary alicyclic amines) is 1. The summed E-state index contributed by atoms with van der Waals surface area (Å²) in [6.45, 7) is 4.55. The minimum atomic E-state index is -3.63. The minimum absolute atomic E-state index is 0.0138. The van der Waals surface area contributed by atoms with Gasteiger partial charge in [-0.3, -0.25) is 4.90 Å². The molecule has 162 valence electrons. The van der Waals surface area contributed by atoms with Crippen LogP contribution in [0.25, 0.3) is 21.8 Å². The van der Waals surface area contributed by atoms with Gasteiger partial charge in [0, 0.05) is 49.0 Å². The van der Waals surface area contributed by atoms with Gasteiger partial charge in [0.05, 0.1) is 10.9 Å². The molecule has 2 aromatic heterocycles. The lowest BCUT2D eigenvalue weighted by Crippen LogP contribution is -2.37. The van der Waals surface area contributed by atoms with Gasteiger partial charge in [0.1, 0.15) is 0 Å². The SMILES string of the molecule is C[C@@H]1CCN([C@@H](CNS(=O)(=O)c2ccc3cc[nH]c3c2)c2cn(C)c3ccccc23)C1. The van der Waals surface area contributed by atoms with Gasteiger partial charge in [0.25, 0.3) is 0 Å². The van der Waals surface area contributed by atoms with Crippen LogP contribution in [-0.4, -0.2) is 42.5 Å². The number of H-pyrrole nitrogens is 1. The first-order valence-electron chi connectivity index (χ1n) is 10.8. The summed E-state index contributed by atoms with van der Waals surface area (Å²) in [5, 5.41) is 2.18. The van der Waals surface area contributed by atoms with Gasteiger partial charge >= 0.3 is 0 Å². The Labute approximate surface area is 182 Å². The van der Waals surface area contributed by atoms with Gasteiger partial charge in [0.2, 0.25) is 10.0 Å². The van der Waals surface area contributed by atoms with E-state index in [1.165, 1.54) is 10.9 Å². The molecular formula is C24H28N4O2S. The molecule has 0 radical (unpaired) electrons. The van der Waals surface area contributed by atoms with Crippen LogP contribution in [0, 0.1) is 5.92 Å². The molecule has 0 amide bonds. The molecule has 0 aliphatic carbocycles. The number of sulfonamides is 1. The number of nitrogens with one attached hydrogen (secondary N) is 2. The average molecular weight is 437 g/mol. The first kappa shape index (κ1) is 20.3. The smallest absolute Gasteiger partial charge is 0.240 e. The highest BCUT2D eigenvalue weighted by atomic mass is 32.2. The van der Waals surface area contributed by atoms with Crippen LogP contribution in [0.5, 0.6) is 0 Å². The van der Waals surface area contributed by atoms with Crippen LogP contribution < -0.4 is 4.72 Å². The monoisotopic (exact) mass is 436 g/mol. The Kier molecular flexibility index (Phi) is 5.12. The molecule has 7 heteroatoms. The molecule has 0 saturated carbocycles. The highest BCUT2D eigenvalue weighted by molar-refractivity contribution is 7.89. The Balaban J connectivity index is 1.47. The number of nitrogens with zero attached hydrogens (tertiary/aromatic N) is 2. The van der Waals surface area contributed by atoms with E-state index in [1.54, 1.807) is 12.1 Å². The topological polar surface area (TPSA) is 70.1 Å². The third-order valence-electron chi connectivity index (χ3n) is 6.49. The Morgan fingerprint density at radius 3 is 2.84 bits per heavy atom. The van der Waals surface area contributed by atoms with Crippen molar-refractivity contribution in [2.24, 2.45) is 13.0 Å². The lowest BCUT2D eigenvalue weighted by Gasteiger charge is -2.28. The summed E-state index contributed by atoms with van der Waals surface area (Å²) in [5.74, 6) is 0.615. The van der Waals surface area contributed by atoms with Gasteiger partial charge in [-0.2, -0.15) is 0 Å². The summed E-state index contributed by atoms with van der Waals surface area (Å²) in [6.07, 6.45) is 5.11. The number of rotatable bonds is 6. The Hall–Kier alpha value is -2.61. The fourth-order valence-electron chi connectivity index (χ4n) is 4.79. The van der Waals surface area contributed by atoms with Crippen molar-refractivity contribution in [3.63, 3.8) is 0 Å². The van der Waals surface area contributed by atoms with E-state index in [2.05, 4.69) is 44.4 Å². The summed E-state index contributed by atoms with van der Waals surface area (Å²) >= 11 is 0. The molecule has 0 spiro atoms. The molecule has 6 nitrogen and oxygen atoms in total. The lowest BCUT2D eigenvalue weighted by atomic mass is 10.0. The van der Waals surface area contributed by atoms with Crippen molar-refractivity contribution in [3.8, 4) is 0 Å². The maximum absolute atomic E-state index is 13.1. The number of aromatic amines is 1. The summed E-state index contributed by atoms with van der Waals surface area (Å²) in [7, 11) is -1.58. The Morgan fingerprint density at radius 2 is 2.03 bits per heavy atom. The second-order valence-corrected chi connectivity index (χ2v) is 10.5. The number of fused-ring (bicyclic) bond motifs is 2. The second-order valence-electron chi connectivity index (χ2n) is 8.70.